The van der Waals surface area contributed by atoms with Crippen molar-refractivity contribution in [2.24, 2.45) is 11.5 Å². The molecule has 0 saturated heterocycles. The molecule has 59 heavy (non-hydrogen) atoms. The molecule has 0 fully saturated rings. The number of aryl methyl sites for hydroxylation is 1. The van der Waals surface area contributed by atoms with Crippen LogP contribution in [0.3, 0.4) is 0 Å². The number of aliphatic carboxylic acids is 3. The summed E-state index contributed by atoms with van der Waals surface area (Å²) in [5.41, 5.74) is 15.6. The number of carbonyl (C=O) groups is 5. The van der Waals surface area contributed by atoms with Crippen molar-refractivity contribution in [3.8, 4) is 0 Å². The number of carboxylic acids is 3. The number of alkyl halides is 9. The summed E-state index contributed by atoms with van der Waals surface area (Å²) in [5.74, 6) is -8.79. The van der Waals surface area contributed by atoms with Gasteiger partial charge in [-0.25, -0.2) is 14.4 Å². The molecule has 3 rings (SSSR count). The highest BCUT2D eigenvalue weighted by Gasteiger charge is 2.39. The first kappa shape index (κ1) is 52.8. The van der Waals surface area contributed by atoms with Gasteiger partial charge in [-0.3, -0.25) is 15.0 Å². The van der Waals surface area contributed by atoms with E-state index < -0.39 is 48.5 Å². The molecule has 3 atom stereocenters. The molecule has 14 nitrogen and oxygen atoms in total. The predicted octanol–water partition coefficient (Wildman–Crippen LogP) is 4.15. The summed E-state index contributed by atoms with van der Waals surface area (Å²) in [7, 11) is 0. The third-order valence-electron chi connectivity index (χ3n) is 7.06. The predicted molar refractivity (Wildman–Crippen MR) is 193 cm³/mol. The first-order chi connectivity index (χ1) is 27.1. The summed E-state index contributed by atoms with van der Waals surface area (Å²) < 4.78 is 95.2. The second-order valence-corrected chi connectivity index (χ2v) is 11.9. The molecular formula is C36H41F9N6O8. The van der Waals surface area contributed by atoms with Gasteiger partial charge in [0.15, 0.2) is 0 Å². The van der Waals surface area contributed by atoms with Crippen molar-refractivity contribution in [3.05, 3.63) is 107 Å². The lowest BCUT2D eigenvalue weighted by Crippen LogP contribution is -2.53. The topological polar surface area (TPSA) is 258 Å². The Morgan fingerprint density at radius 2 is 1.07 bits per heavy atom. The van der Waals surface area contributed by atoms with Crippen molar-refractivity contribution in [2.75, 3.05) is 6.54 Å². The van der Waals surface area contributed by atoms with E-state index in [1.807, 2.05) is 72.8 Å². The molecule has 11 N–H and O–H groups in total. The zero-order chi connectivity index (χ0) is 45.6. The number of hydrogen-bond acceptors (Lipinski definition) is 8. The fourth-order valence-electron chi connectivity index (χ4n) is 4.09. The molecule has 2 amide bonds. The summed E-state index contributed by atoms with van der Waals surface area (Å²) in [4.78, 5) is 52.6. The molecule has 3 aromatic rings. The zero-order valence-electron chi connectivity index (χ0n) is 30.8. The van der Waals surface area contributed by atoms with Crippen LogP contribution in [0.15, 0.2) is 84.9 Å². The van der Waals surface area contributed by atoms with Crippen LogP contribution in [0, 0.1) is 5.41 Å². The van der Waals surface area contributed by atoms with Gasteiger partial charge in [-0.1, -0.05) is 84.9 Å². The van der Waals surface area contributed by atoms with Crippen LogP contribution in [-0.2, 0) is 43.4 Å². The average molecular weight is 857 g/mol. The molecule has 0 aliphatic carbocycles. The van der Waals surface area contributed by atoms with Crippen LogP contribution < -0.4 is 27.4 Å². The van der Waals surface area contributed by atoms with Crippen LogP contribution in [-0.4, -0.2) is 94.1 Å². The van der Waals surface area contributed by atoms with Gasteiger partial charge < -0.3 is 42.7 Å². The second-order valence-electron chi connectivity index (χ2n) is 11.9. The second kappa shape index (κ2) is 25.2. The minimum Gasteiger partial charge on any atom is -0.475 e. The highest BCUT2D eigenvalue weighted by atomic mass is 19.4. The minimum atomic E-state index is -5.08. The van der Waals surface area contributed by atoms with E-state index in [1.165, 1.54) is 0 Å². The molecule has 23 heteroatoms. The number of hydrogen-bond donors (Lipinski definition) is 9. The molecule has 0 spiro atoms. The van der Waals surface area contributed by atoms with Gasteiger partial charge in [0.2, 0.25) is 11.8 Å². The number of nitrogens with two attached hydrogens (primary N) is 2. The number of nitrogen functional groups attached to an aromatic ring is 1. The maximum atomic E-state index is 13.2. The Bertz CT molecular complexity index is 1720. The SMILES string of the molecule is C[C@H](NC(=O)[C@@H](CCc1ccccc1)NC[C@H](N)Cc1ccccc1)C(=O)NCc1ccc(C(=N)N)cc1.O=C(O)C(F)(F)F.O=C(O)C(F)(F)F.O=C(O)C(F)(F)F. The number of benzene rings is 3. The van der Waals surface area contributed by atoms with E-state index in [9.17, 15) is 49.1 Å². The smallest absolute Gasteiger partial charge is 0.475 e. The molecule has 0 aromatic heterocycles. The lowest BCUT2D eigenvalue weighted by Gasteiger charge is -2.23. The Morgan fingerprint density at radius 3 is 1.46 bits per heavy atom. The summed E-state index contributed by atoms with van der Waals surface area (Å²) in [6.07, 6.45) is -13.3. The highest BCUT2D eigenvalue weighted by Crippen LogP contribution is 2.14. The van der Waals surface area contributed by atoms with Crippen molar-refractivity contribution in [2.45, 2.75) is 69.4 Å². The van der Waals surface area contributed by atoms with Crippen molar-refractivity contribution < 1.29 is 78.8 Å². The van der Waals surface area contributed by atoms with Gasteiger partial charge in [-0.2, -0.15) is 39.5 Å². The standard InChI is InChI=1S/C30H38N6O2.3C2HF3O2/c1-21(29(37)35-19-24-12-15-25(16-13-24)28(32)33)36-30(38)27(17-14-22-8-4-2-5-9-22)34-20-26(31)18-23-10-6-3-7-11-23;3*3-2(4,5)1(6)7/h2-13,15-16,21,26-27,34H,14,17-20,31H2,1H3,(H3,32,33)(H,35,37)(H,36,38);3*(H,6,7)/t21-,26+,27+;;;/m0.../s1. The maximum absolute atomic E-state index is 13.2. The minimum absolute atomic E-state index is 0.00614. The van der Waals surface area contributed by atoms with Gasteiger partial charge in [0.05, 0.1) is 6.04 Å². The third kappa shape index (κ3) is 24.2. The number of halogens is 9. The van der Waals surface area contributed by atoms with Crippen LogP contribution in [0.1, 0.15) is 35.6 Å². The molecule has 0 saturated carbocycles. The fourth-order valence-corrected chi connectivity index (χ4v) is 4.09. The van der Waals surface area contributed by atoms with Gasteiger partial charge >= 0.3 is 36.4 Å². The number of carboxylic acid groups (broad SMARTS) is 3. The molecule has 0 aliphatic rings. The van der Waals surface area contributed by atoms with Crippen molar-refractivity contribution in [1.29, 1.82) is 5.41 Å². The Labute approximate surface area is 330 Å². The monoisotopic (exact) mass is 856 g/mol. The van der Waals surface area contributed by atoms with E-state index >= 15 is 0 Å². The van der Waals surface area contributed by atoms with E-state index in [0.29, 0.717) is 31.5 Å². The van der Waals surface area contributed by atoms with Crippen LogP contribution in [0.5, 0.6) is 0 Å². The van der Waals surface area contributed by atoms with E-state index in [0.717, 1.165) is 23.1 Å². The molecule has 0 radical (unpaired) electrons. The van der Waals surface area contributed by atoms with Crippen molar-refractivity contribution in [3.63, 3.8) is 0 Å². The summed E-state index contributed by atoms with van der Waals surface area (Å²) in [6.45, 7) is 2.45. The van der Waals surface area contributed by atoms with Crippen LogP contribution in [0.2, 0.25) is 0 Å². The number of amides is 2. The Morgan fingerprint density at radius 1 is 0.661 bits per heavy atom. The lowest BCUT2D eigenvalue weighted by atomic mass is 10.0. The Balaban J connectivity index is 0.00000131. The van der Waals surface area contributed by atoms with Gasteiger partial charge in [0.1, 0.15) is 11.9 Å². The third-order valence-corrected chi connectivity index (χ3v) is 7.06. The Hall–Kier alpha value is -6.23. The summed E-state index contributed by atoms with van der Waals surface area (Å²) in [6, 6.07) is 25.7. The fraction of sp³-hybridized carbons (Fsp3) is 0.333. The number of amidine groups is 1. The number of nitrogens with one attached hydrogen (secondary N) is 4. The van der Waals surface area contributed by atoms with Crippen LogP contribution in [0.4, 0.5) is 39.5 Å². The first-order valence-electron chi connectivity index (χ1n) is 16.6. The van der Waals surface area contributed by atoms with Crippen molar-refractivity contribution >= 4 is 35.6 Å². The van der Waals surface area contributed by atoms with Gasteiger partial charge in [0, 0.05) is 24.7 Å². The average Bonchev–Trinajstić information content (AvgIpc) is 3.14. The van der Waals surface area contributed by atoms with Crippen LogP contribution in [0.25, 0.3) is 0 Å². The molecular weight excluding hydrogens is 815 g/mol. The van der Waals surface area contributed by atoms with E-state index in [-0.39, 0.29) is 23.7 Å². The molecule has 0 bridgehead atoms. The van der Waals surface area contributed by atoms with Crippen molar-refractivity contribution in [1.82, 2.24) is 16.0 Å². The number of rotatable bonds is 14. The highest BCUT2D eigenvalue weighted by molar-refractivity contribution is 5.95. The normalized spacial score (nSPS) is 12.5. The molecule has 0 unspecified atom stereocenters. The Kier molecular flexibility index (Phi) is 22.5. The first-order valence-corrected chi connectivity index (χ1v) is 16.6. The molecule has 326 valence electrons. The summed E-state index contributed by atoms with van der Waals surface area (Å²) >= 11 is 0. The molecule has 0 aliphatic heterocycles. The van der Waals surface area contributed by atoms with Gasteiger partial charge in [-0.05, 0) is 42.9 Å². The lowest BCUT2D eigenvalue weighted by molar-refractivity contribution is -0.193. The quantitative estimate of drug-likeness (QED) is 0.0632. The number of carbonyl (C=O) groups excluding carboxylic acids is 2. The molecule has 3 aromatic carbocycles. The van der Waals surface area contributed by atoms with Crippen LogP contribution >= 0.6 is 0 Å². The summed E-state index contributed by atoms with van der Waals surface area (Å²) in [5, 5.41) is 37.9. The maximum Gasteiger partial charge on any atom is 0.490 e. The largest absolute Gasteiger partial charge is 0.490 e. The van der Waals surface area contributed by atoms with E-state index in [2.05, 4.69) is 16.0 Å². The van der Waals surface area contributed by atoms with Gasteiger partial charge in [0.25, 0.3) is 0 Å². The van der Waals surface area contributed by atoms with Gasteiger partial charge in [-0.15, -0.1) is 0 Å². The zero-order valence-corrected chi connectivity index (χ0v) is 30.8. The molecule has 0 heterocycles. The van der Waals surface area contributed by atoms with E-state index in [4.69, 9.17) is 46.6 Å². The van der Waals surface area contributed by atoms with E-state index in [1.54, 1.807) is 19.1 Å².